The molecule has 1 aromatic carbocycles. The minimum absolute atomic E-state index is 0.331. The standard InChI is InChI=1S/C12H10N2O2S/c1-12(2,16)6-5-11(15)8-3-4-9-10(7-8)14-17-13-9/h3-4,7,16H,1-2H3. The maximum atomic E-state index is 11.7. The van der Waals surface area contributed by atoms with Crippen LogP contribution in [0.2, 0.25) is 0 Å². The van der Waals surface area contributed by atoms with Crippen molar-refractivity contribution in [3.05, 3.63) is 23.8 Å². The molecule has 0 spiro atoms. The summed E-state index contributed by atoms with van der Waals surface area (Å²) in [6.45, 7) is 3.06. The number of carbonyl (C=O) groups excluding carboxylic acids is 1. The van der Waals surface area contributed by atoms with Crippen LogP contribution < -0.4 is 0 Å². The third-order valence-corrected chi connectivity index (χ3v) is 2.55. The zero-order chi connectivity index (χ0) is 12.5. The molecular weight excluding hydrogens is 236 g/mol. The topological polar surface area (TPSA) is 63.1 Å². The molecule has 0 aliphatic heterocycles. The Bertz CT molecular complexity index is 629. The summed E-state index contributed by atoms with van der Waals surface area (Å²) >= 11 is 1.10. The molecule has 0 saturated carbocycles. The summed E-state index contributed by atoms with van der Waals surface area (Å²) < 4.78 is 8.10. The summed E-state index contributed by atoms with van der Waals surface area (Å²) in [4.78, 5) is 11.7. The Balaban J connectivity index is 2.32. The van der Waals surface area contributed by atoms with E-state index in [9.17, 15) is 9.90 Å². The number of aromatic nitrogens is 2. The van der Waals surface area contributed by atoms with E-state index in [1.165, 1.54) is 13.8 Å². The average molecular weight is 246 g/mol. The molecule has 4 nitrogen and oxygen atoms in total. The van der Waals surface area contributed by atoms with Crippen molar-refractivity contribution >= 4 is 28.5 Å². The number of nitrogens with zero attached hydrogens (tertiary/aromatic N) is 2. The summed E-state index contributed by atoms with van der Waals surface area (Å²) in [6.07, 6.45) is 0. The van der Waals surface area contributed by atoms with Gasteiger partial charge in [-0.15, -0.1) is 0 Å². The van der Waals surface area contributed by atoms with E-state index in [4.69, 9.17) is 0 Å². The van der Waals surface area contributed by atoms with Crippen LogP contribution in [0.4, 0.5) is 0 Å². The molecule has 5 heteroatoms. The van der Waals surface area contributed by atoms with Gasteiger partial charge < -0.3 is 5.11 Å². The molecule has 1 N–H and O–H groups in total. The number of benzene rings is 1. The fourth-order valence-electron chi connectivity index (χ4n) is 1.21. The Labute approximate surface area is 103 Å². The maximum absolute atomic E-state index is 11.7. The molecule has 0 fully saturated rings. The average Bonchev–Trinajstić information content (AvgIpc) is 2.71. The van der Waals surface area contributed by atoms with E-state index in [0.29, 0.717) is 11.1 Å². The predicted molar refractivity (Wildman–Crippen MR) is 65.8 cm³/mol. The van der Waals surface area contributed by atoms with Gasteiger partial charge in [-0.2, -0.15) is 8.75 Å². The van der Waals surface area contributed by atoms with E-state index in [2.05, 4.69) is 20.6 Å². The Morgan fingerprint density at radius 2 is 2.06 bits per heavy atom. The molecule has 0 amide bonds. The van der Waals surface area contributed by atoms with Gasteiger partial charge >= 0.3 is 0 Å². The number of ketones is 1. The van der Waals surface area contributed by atoms with E-state index in [-0.39, 0.29) is 5.78 Å². The lowest BCUT2D eigenvalue weighted by Crippen LogP contribution is -2.15. The van der Waals surface area contributed by atoms with Gasteiger partial charge in [0.2, 0.25) is 5.78 Å². The number of carbonyl (C=O) groups is 1. The van der Waals surface area contributed by atoms with E-state index in [1.54, 1.807) is 18.2 Å². The highest BCUT2D eigenvalue weighted by Gasteiger charge is 2.09. The van der Waals surface area contributed by atoms with Crippen LogP contribution >= 0.6 is 11.7 Å². The van der Waals surface area contributed by atoms with Crippen molar-refractivity contribution in [2.24, 2.45) is 0 Å². The number of hydrogen-bond acceptors (Lipinski definition) is 5. The SMILES string of the molecule is CC(C)(O)C#CC(=O)c1ccc2nsnc2c1. The van der Waals surface area contributed by atoms with Gasteiger partial charge in [0.1, 0.15) is 16.6 Å². The third kappa shape index (κ3) is 2.87. The first kappa shape index (κ1) is 11.7. The largest absolute Gasteiger partial charge is 0.378 e. The molecule has 0 radical (unpaired) electrons. The number of rotatable bonds is 1. The van der Waals surface area contributed by atoms with Crippen LogP contribution in [-0.4, -0.2) is 25.2 Å². The molecule has 0 saturated heterocycles. The molecule has 0 aliphatic rings. The molecule has 86 valence electrons. The zero-order valence-electron chi connectivity index (χ0n) is 9.39. The fraction of sp³-hybridized carbons (Fsp3) is 0.250. The highest BCUT2D eigenvalue weighted by molar-refractivity contribution is 7.00. The van der Waals surface area contributed by atoms with Crippen molar-refractivity contribution in [2.45, 2.75) is 19.4 Å². The first-order chi connectivity index (χ1) is 7.96. The Hall–Kier alpha value is -1.77. The Kier molecular flexibility index (Phi) is 2.92. The number of hydrogen-bond donors (Lipinski definition) is 1. The van der Waals surface area contributed by atoms with Crippen LogP contribution in [-0.2, 0) is 0 Å². The molecule has 0 bridgehead atoms. The van der Waals surface area contributed by atoms with Crippen molar-refractivity contribution in [1.82, 2.24) is 8.75 Å². The van der Waals surface area contributed by atoms with Crippen LogP contribution in [0, 0.1) is 11.8 Å². The lowest BCUT2D eigenvalue weighted by Gasteiger charge is -2.05. The summed E-state index contributed by atoms with van der Waals surface area (Å²) in [5, 5.41) is 9.41. The predicted octanol–water partition coefficient (Wildman–Crippen LogP) is 1.65. The fourth-order valence-corrected chi connectivity index (χ4v) is 1.72. The second kappa shape index (κ2) is 4.24. The second-order valence-electron chi connectivity index (χ2n) is 4.11. The molecule has 2 aromatic rings. The zero-order valence-corrected chi connectivity index (χ0v) is 10.2. The van der Waals surface area contributed by atoms with Gasteiger partial charge in [0, 0.05) is 5.56 Å². The minimum atomic E-state index is -1.16. The molecule has 1 aromatic heterocycles. The lowest BCUT2D eigenvalue weighted by atomic mass is 10.1. The Morgan fingerprint density at radius 3 is 2.76 bits per heavy atom. The number of fused-ring (bicyclic) bond motifs is 1. The van der Waals surface area contributed by atoms with Crippen molar-refractivity contribution in [2.75, 3.05) is 0 Å². The van der Waals surface area contributed by atoms with Gasteiger partial charge in [0.05, 0.1) is 11.7 Å². The second-order valence-corrected chi connectivity index (χ2v) is 4.63. The molecule has 1 heterocycles. The molecule has 0 atom stereocenters. The number of Topliss-reactive ketones (excluding diaryl/α,β-unsaturated/α-hetero) is 1. The van der Waals surface area contributed by atoms with Crippen LogP contribution in [0.15, 0.2) is 18.2 Å². The third-order valence-electron chi connectivity index (χ3n) is 2.00. The minimum Gasteiger partial charge on any atom is -0.378 e. The van der Waals surface area contributed by atoms with Gasteiger partial charge in [0.25, 0.3) is 0 Å². The van der Waals surface area contributed by atoms with Crippen LogP contribution in [0.3, 0.4) is 0 Å². The highest BCUT2D eigenvalue weighted by atomic mass is 32.1. The van der Waals surface area contributed by atoms with Crippen molar-refractivity contribution in [1.29, 1.82) is 0 Å². The first-order valence-electron chi connectivity index (χ1n) is 4.98. The van der Waals surface area contributed by atoms with Crippen LogP contribution in [0.1, 0.15) is 24.2 Å². The molecule has 0 aliphatic carbocycles. The van der Waals surface area contributed by atoms with Crippen molar-refractivity contribution in [3.63, 3.8) is 0 Å². The van der Waals surface area contributed by atoms with Gasteiger partial charge in [-0.05, 0) is 38.0 Å². The van der Waals surface area contributed by atoms with E-state index in [0.717, 1.165) is 17.2 Å². The summed E-state index contributed by atoms with van der Waals surface area (Å²) in [5.74, 6) is 4.57. The van der Waals surface area contributed by atoms with Gasteiger partial charge in [0.15, 0.2) is 0 Å². The summed E-state index contributed by atoms with van der Waals surface area (Å²) in [5.41, 5.74) is 0.747. The van der Waals surface area contributed by atoms with Crippen molar-refractivity contribution in [3.8, 4) is 11.8 Å². The molecule has 2 rings (SSSR count). The Morgan fingerprint density at radius 1 is 1.35 bits per heavy atom. The summed E-state index contributed by atoms with van der Waals surface area (Å²) in [7, 11) is 0. The smallest absolute Gasteiger partial charge is 0.236 e. The van der Waals surface area contributed by atoms with Gasteiger partial charge in [-0.3, -0.25) is 4.79 Å². The monoisotopic (exact) mass is 246 g/mol. The molecular formula is C12H10N2O2S. The lowest BCUT2D eigenvalue weighted by molar-refractivity contribution is 0.105. The van der Waals surface area contributed by atoms with Crippen LogP contribution in [0.25, 0.3) is 11.0 Å². The molecule has 0 unspecified atom stereocenters. The quantitative estimate of drug-likeness (QED) is 0.472. The van der Waals surface area contributed by atoms with E-state index < -0.39 is 5.60 Å². The summed E-state index contributed by atoms with van der Waals surface area (Å²) in [6, 6.07) is 5.04. The normalized spacial score (nSPS) is 11.0. The number of aliphatic hydroxyl groups is 1. The van der Waals surface area contributed by atoms with E-state index in [1.807, 2.05) is 0 Å². The van der Waals surface area contributed by atoms with Crippen molar-refractivity contribution < 1.29 is 9.90 Å². The van der Waals surface area contributed by atoms with E-state index >= 15 is 0 Å². The van der Waals surface area contributed by atoms with Crippen LogP contribution in [0.5, 0.6) is 0 Å². The highest BCUT2D eigenvalue weighted by Crippen LogP contribution is 2.13. The first-order valence-corrected chi connectivity index (χ1v) is 5.71. The maximum Gasteiger partial charge on any atom is 0.236 e. The van der Waals surface area contributed by atoms with Gasteiger partial charge in [-0.25, -0.2) is 0 Å². The molecule has 17 heavy (non-hydrogen) atoms. The van der Waals surface area contributed by atoms with Gasteiger partial charge in [-0.1, -0.05) is 5.92 Å².